The summed E-state index contributed by atoms with van der Waals surface area (Å²) in [6.07, 6.45) is 7.40. The standard InChI is InChI=1S/C30H52O5/c1-25(2,34)12-9-13-30(8,35)24-19(32)17-29(7)23(24)18(31)16-21-27(5)14-11-22(33)26(3,4)20(27)10-15-28(21,29)6/h9,12,18-24,31-35H,10-11,13-17H2,1-8H3/b12-9+/t18-,19+,20-,21-,22+,23-,24+,27+,28-,29-,30+/m1/s1. The van der Waals surface area contributed by atoms with Crippen LogP contribution in [-0.4, -0.2) is 55.0 Å². The molecule has 0 aromatic rings. The molecule has 4 aliphatic rings. The molecule has 0 radical (unpaired) electrons. The van der Waals surface area contributed by atoms with E-state index in [1.165, 1.54) is 0 Å². The normalized spacial score (nSPS) is 51.4. The van der Waals surface area contributed by atoms with Gasteiger partial charge in [0.05, 0.1) is 29.5 Å². The van der Waals surface area contributed by atoms with Crippen molar-refractivity contribution >= 4 is 0 Å². The Morgan fingerprint density at radius 2 is 1.46 bits per heavy atom. The molecule has 4 aliphatic carbocycles. The molecule has 0 amide bonds. The Morgan fingerprint density at radius 3 is 2.06 bits per heavy atom. The minimum absolute atomic E-state index is 0.0334. The molecule has 35 heavy (non-hydrogen) atoms. The summed E-state index contributed by atoms with van der Waals surface area (Å²) < 4.78 is 0. The van der Waals surface area contributed by atoms with E-state index in [1.54, 1.807) is 26.8 Å². The van der Waals surface area contributed by atoms with Gasteiger partial charge in [-0.3, -0.25) is 0 Å². The maximum Gasteiger partial charge on any atom is 0.0771 e. The third-order valence-electron chi connectivity index (χ3n) is 12.2. The average molecular weight is 493 g/mol. The van der Waals surface area contributed by atoms with Crippen molar-refractivity contribution in [3.63, 3.8) is 0 Å². The van der Waals surface area contributed by atoms with Crippen LogP contribution in [0.4, 0.5) is 0 Å². The Hall–Kier alpha value is -0.460. The Balaban J connectivity index is 1.70. The monoisotopic (exact) mass is 492 g/mol. The van der Waals surface area contributed by atoms with Crippen LogP contribution in [-0.2, 0) is 0 Å². The van der Waals surface area contributed by atoms with E-state index in [1.807, 2.05) is 6.08 Å². The number of fused-ring (bicyclic) bond motifs is 5. The number of hydrogen-bond donors (Lipinski definition) is 5. The number of aliphatic hydroxyl groups excluding tert-OH is 3. The van der Waals surface area contributed by atoms with Crippen LogP contribution in [0.15, 0.2) is 12.2 Å². The molecule has 4 rings (SSSR count). The van der Waals surface area contributed by atoms with Gasteiger partial charge in [0.15, 0.2) is 0 Å². The van der Waals surface area contributed by atoms with Gasteiger partial charge in [0.25, 0.3) is 0 Å². The summed E-state index contributed by atoms with van der Waals surface area (Å²) in [7, 11) is 0. The van der Waals surface area contributed by atoms with Gasteiger partial charge in [0.2, 0.25) is 0 Å². The van der Waals surface area contributed by atoms with Gasteiger partial charge in [0, 0.05) is 5.92 Å². The molecule has 4 saturated carbocycles. The van der Waals surface area contributed by atoms with Gasteiger partial charge < -0.3 is 25.5 Å². The van der Waals surface area contributed by atoms with E-state index in [4.69, 9.17) is 0 Å². The summed E-state index contributed by atoms with van der Waals surface area (Å²) in [5.74, 6) is 0.0950. The van der Waals surface area contributed by atoms with E-state index >= 15 is 0 Å². The lowest BCUT2D eigenvalue weighted by Gasteiger charge is -2.70. The summed E-state index contributed by atoms with van der Waals surface area (Å²) in [6.45, 7) is 16.7. The lowest BCUT2D eigenvalue weighted by molar-refractivity contribution is -0.246. The second-order valence-corrected chi connectivity index (χ2v) is 15.1. The highest BCUT2D eigenvalue weighted by atomic mass is 16.3. The first kappa shape index (κ1) is 27.6. The van der Waals surface area contributed by atoms with Gasteiger partial charge in [-0.05, 0) is 105 Å². The van der Waals surface area contributed by atoms with Gasteiger partial charge in [-0.25, -0.2) is 0 Å². The van der Waals surface area contributed by atoms with Crippen molar-refractivity contribution in [1.29, 1.82) is 0 Å². The van der Waals surface area contributed by atoms with E-state index in [9.17, 15) is 25.5 Å². The summed E-state index contributed by atoms with van der Waals surface area (Å²) in [5, 5.41) is 55.8. The molecule has 5 N–H and O–H groups in total. The number of hydrogen-bond acceptors (Lipinski definition) is 5. The SMILES string of the molecule is CC(C)(O)/C=C/C[C@](C)(O)[C@@H]1[C@H]2[C@H](O)C[C@@H]3[C@@]4(C)CC[C@H](O)C(C)(C)[C@H]4CC[C@@]3(C)[C@]2(C)C[C@@H]1O. The smallest absolute Gasteiger partial charge is 0.0771 e. The highest BCUT2D eigenvalue weighted by Crippen LogP contribution is 2.75. The Labute approximate surface area is 213 Å². The molecule has 0 heterocycles. The lowest BCUT2D eigenvalue weighted by atomic mass is 9.35. The summed E-state index contributed by atoms with van der Waals surface area (Å²) in [4.78, 5) is 0. The maximum absolute atomic E-state index is 11.8. The van der Waals surface area contributed by atoms with Gasteiger partial charge in [0.1, 0.15) is 0 Å². The molecule has 0 spiro atoms. The molecule has 4 fully saturated rings. The highest BCUT2D eigenvalue weighted by Gasteiger charge is 2.72. The van der Waals surface area contributed by atoms with Crippen LogP contribution in [0, 0.1) is 45.3 Å². The molecule has 11 atom stereocenters. The largest absolute Gasteiger partial charge is 0.393 e. The molecule has 0 aromatic carbocycles. The van der Waals surface area contributed by atoms with Crippen LogP contribution in [0.2, 0.25) is 0 Å². The van der Waals surface area contributed by atoms with Crippen molar-refractivity contribution in [1.82, 2.24) is 0 Å². The first-order valence-electron chi connectivity index (χ1n) is 14.0. The molecule has 0 bridgehead atoms. The average Bonchev–Trinajstić information content (AvgIpc) is 2.99. The molecule has 0 unspecified atom stereocenters. The van der Waals surface area contributed by atoms with Gasteiger partial charge in [-0.2, -0.15) is 0 Å². The molecule has 202 valence electrons. The fourth-order valence-corrected chi connectivity index (χ4v) is 10.3. The van der Waals surface area contributed by atoms with E-state index in [0.717, 1.165) is 25.7 Å². The van der Waals surface area contributed by atoms with Gasteiger partial charge >= 0.3 is 0 Å². The molecule has 0 aliphatic heterocycles. The molecular weight excluding hydrogens is 440 g/mol. The Kier molecular flexibility index (Phi) is 6.51. The lowest BCUT2D eigenvalue weighted by Crippen LogP contribution is -2.66. The van der Waals surface area contributed by atoms with Crippen LogP contribution in [0.1, 0.15) is 100 Å². The van der Waals surface area contributed by atoms with Crippen LogP contribution < -0.4 is 0 Å². The predicted molar refractivity (Wildman–Crippen MR) is 138 cm³/mol. The van der Waals surface area contributed by atoms with Crippen molar-refractivity contribution in [2.45, 2.75) is 130 Å². The Morgan fingerprint density at radius 1 is 0.829 bits per heavy atom. The van der Waals surface area contributed by atoms with Crippen molar-refractivity contribution < 1.29 is 25.5 Å². The molecule has 5 heteroatoms. The minimum Gasteiger partial charge on any atom is -0.393 e. The first-order valence-corrected chi connectivity index (χ1v) is 14.0. The van der Waals surface area contributed by atoms with E-state index in [0.29, 0.717) is 31.1 Å². The summed E-state index contributed by atoms with van der Waals surface area (Å²) in [5.41, 5.74) is -2.62. The molecule has 5 nitrogen and oxygen atoms in total. The molecule has 0 saturated heterocycles. The first-order chi connectivity index (χ1) is 15.8. The van der Waals surface area contributed by atoms with E-state index < -0.39 is 29.3 Å². The summed E-state index contributed by atoms with van der Waals surface area (Å²) >= 11 is 0. The quantitative estimate of drug-likeness (QED) is 0.374. The topological polar surface area (TPSA) is 101 Å². The van der Waals surface area contributed by atoms with Crippen LogP contribution >= 0.6 is 0 Å². The number of rotatable bonds is 4. The van der Waals surface area contributed by atoms with Crippen molar-refractivity contribution in [3.05, 3.63) is 12.2 Å². The fraction of sp³-hybridized carbons (Fsp3) is 0.933. The summed E-state index contributed by atoms with van der Waals surface area (Å²) in [6, 6.07) is 0. The second kappa shape index (κ2) is 8.27. The predicted octanol–water partition coefficient (Wildman–Crippen LogP) is 4.44. The van der Waals surface area contributed by atoms with Crippen molar-refractivity contribution in [2.75, 3.05) is 0 Å². The number of aliphatic hydroxyl groups is 5. The molecular formula is C30H52O5. The third-order valence-corrected chi connectivity index (χ3v) is 12.2. The van der Waals surface area contributed by atoms with Gasteiger partial charge in [-0.15, -0.1) is 0 Å². The molecule has 0 aromatic heterocycles. The zero-order valence-corrected chi connectivity index (χ0v) is 23.4. The minimum atomic E-state index is -1.19. The van der Waals surface area contributed by atoms with E-state index in [-0.39, 0.29) is 33.7 Å². The third kappa shape index (κ3) is 3.98. The van der Waals surface area contributed by atoms with E-state index in [2.05, 4.69) is 34.6 Å². The fourth-order valence-electron chi connectivity index (χ4n) is 10.3. The van der Waals surface area contributed by atoms with Crippen molar-refractivity contribution in [3.8, 4) is 0 Å². The van der Waals surface area contributed by atoms with Crippen LogP contribution in [0.25, 0.3) is 0 Å². The second-order valence-electron chi connectivity index (χ2n) is 15.1. The zero-order valence-electron chi connectivity index (χ0n) is 23.4. The van der Waals surface area contributed by atoms with Crippen molar-refractivity contribution in [2.24, 2.45) is 45.3 Å². The highest BCUT2D eigenvalue weighted by molar-refractivity contribution is 5.21. The Bertz CT molecular complexity index is 842. The maximum atomic E-state index is 11.8. The zero-order chi connectivity index (χ0) is 26.4. The van der Waals surface area contributed by atoms with Gasteiger partial charge in [-0.1, -0.05) is 46.8 Å². The van der Waals surface area contributed by atoms with Crippen LogP contribution in [0.5, 0.6) is 0 Å². The van der Waals surface area contributed by atoms with Crippen LogP contribution in [0.3, 0.4) is 0 Å².